The number of halogens is 1. The van der Waals surface area contributed by atoms with Crippen molar-refractivity contribution in [3.8, 4) is 0 Å². The molecule has 2 heterocycles. The minimum absolute atomic E-state index is 0.272. The fourth-order valence-corrected chi connectivity index (χ4v) is 2.95. The minimum Gasteiger partial charge on any atom is -0.355 e. The second kappa shape index (κ2) is 6.43. The maximum Gasteiger partial charge on any atom is 0.252 e. The molecule has 0 fully saturated rings. The van der Waals surface area contributed by atoms with E-state index in [-0.39, 0.29) is 11.7 Å². The number of nitrogens with zero attached hydrogens (tertiary/aromatic N) is 2. The Bertz CT molecular complexity index is 805. The molecule has 0 aliphatic carbocycles. The minimum atomic E-state index is -0.687. The van der Waals surface area contributed by atoms with Gasteiger partial charge in [-0.3, -0.25) is 9.80 Å². The van der Waals surface area contributed by atoms with Crippen LogP contribution in [-0.4, -0.2) is 30.2 Å². The van der Waals surface area contributed by atoms with Crippen LogP contribution in [0.1, 0.15) is 23.6 Å². The van der Waals surface area contributed by atoms with Gasteiger partial charge in [-0.25, -0.2) is 4.39 Å². The van der Waals surface area contributed by atoms with E-state index < -0.39 is 6.04 Å². The maximum atomic E-state index is 15.1. The molecule has 3 rings (SSSR count). The normalized spacial score (nSPS) is 19.2. The number of hydrogen-bond donors (Lipinski definition) is 1. The van der Waals surface area contributed by atoms with Crippen molar-refractivity contribution in [3.05, 3.63) is 64.6 Å². The first-order chi connectivity index (χ1) is 11.5. The van der Waals surface area contributed by atoms with Crippen LogP contribution < -0.4 is 5.32 Å². The highest BCUT2D eigenvalue weighted by Crippen LogP contribution is 2.34. The van der Waals surface area contributed by atoms with Crippen LogP contribution in [0.4, 0.5) is 4.39 Å². The third-order valence-electron chi connectivity index (χ3n) is 4.34. The molecule has 0 saturated carbocycles. The largest absolute Gasteiger partial charge is 0.355 e. The maximum absolute atomic E-state index is 15.1. The monoisotopic (exact) mass is 325 g/mol. The van der Waals surface area contributed by atoms with Gasteiger partial charge in [0.15, 0.2) is 0 Å². The lowest BCUT2D eigenvalue weighted by Gasteiger charge is -2.30. The zero-order valence-electron chi connectivity index (χ0n) is 14.0. The van der Waals surface area contributed by atoms with E-state index in [1.54, 1.807) is 25.4 Å². The average molecular weight is 325 g/mol. The standard InChI is InChI=1S/C19H20FN3O/c1-4-13-5-6-15(12(2)9-13)16-7-8-23-17(18(16)20)10-14(11-22-23)19(24)21-3/h5-11,17H,4H2,1-3H3,(H,21,24). The van der Waals surface area contributed by atoms with Gasteiger partial charge in [-0.05, 0) is 42.2 Å². The summed E-state index contributed by atoms with van der Waals surface area (Å²) < 4.78 is 15.1. The van der Waals surface area contributed by atoms with E-state index >= 15 is 4.39 Å². The van der Waals surface area contributed by atoms with Crippen LogP contribution in [0.15, 0.2) is 53.1 Å². The molecule has 124 valence electrons. The topological polar surface area (TPSA) is 44.7 Å². The van der Waals surface area contributed by atoms with Crippen molar-refractivity contribution in [2.24, 2.45) is 5.10 Å². The number of carbonyl (C=O) groups excluding carboxylic acids is 1. The van der Waals surface area contributed by atoms with Crippen molar-refractivity contribution in [2.75, 3.05) is 7.05 Å². The Kier molecular flexibility index (Phi) is 4.34. The molecule has 5 heteroatoms. The molecule has 2 aliphatic heterocycles. The fourth-order valence-electron chi connectivity index (χ4n) is 2.95. The molecule has 2 aliphatic rings. The summed E-state index contributed by atoms with van der Waals surface area (Å²) in [5, 5.41) is 8.20. The van der Waals surface area contributed by atoms with Crippen LogP contribution in [-0.2, 0) is 11.2 Å². The summed E-state index contributed by atoms with van der Waals surface area (Å²) in [7, 11) is 1.54. The van der Waals surface area contributed by atoms with Gasteiger partial charge < -0.3 is 5.32 Å². The van der Waals surface area contributed by atoms with Gasteiger partial charge in [-0.15, -0.1) is 0 Å². The lowest BCUT2D eigenvalue weighted by molar-refractivity contribution is -0.116. The summed E-state index contributed by atoms with van der Waals surface area (Å²) in [4.78, 5) is 11.8. The van der Waals surface area contributed by atoms with Crippen molar-refractivity contribution in [2.45, 2.75) is 26.3 Å². The molecule has 0 radical (unpaired) electrons. The lowest BCUT2D eigenvalue weighted by Crippen LogP contribution is -2.34. The van der Waals surface area contributed by atoms with Crippen LogP contribution in [0.2, 0.25) is 0 Å². The Morgan fingerprint density at radius 2 is 2.21 bits per heavy atom. The highest BCUT2D eigenvalue weighted by atomic mass is 19.1. The number of hydrogen-bond acceptors (Lipinski definition) is 3. The van der Waals surface area contributed by atoms with Crippen LogP contribution in [0.25, 0.3) is 5.57 Å². The number of allylic oxidation sites excluding steroid dienone is 2. The Hall–Kier alpha value is -2.69. The highest BCUT2D eigenvalue weighted by Gasteiger charge is 2.29. The molecule has 1 aromatic carbocycles. The fraction of sp³-hybridized carbons (Fsp3) is 0.263. The van der Waals surface area contributed by atoms with Crippen molar-refractivity contribution >= 4 is 17.7 Å². The number of likely N-dealkylation sites (N-methyl/N-ethyl adjacent to an activating group) is 1. The molecular weight excluding hydrogens is 305 g/mol. The van der Waals surface area contributed by atoms with E-state index in [0.717, 1.165) is 17.5 Å². The number of hydrazone groups is 1. The van der Waals surface area contributed by atoms with Gasteiger partial charge >= 0.3 is 0 Å². The van der Waals surface area contributed by atoms with Crippen molar-refractivity contribution < 1.29 is 9.18 Å². The number of rotatable bonds is 3. The molecule has 4 nitrogen and oxygen atoms in total. The first-order valence-electron chi connectivity index (χ1n) is 7.99. The second-order valence-electron chi connectivity index (χ2n) is 5.85. The average Bonchev–Trinajstić information content (AvgIpc) is 2.61. The molecule has 24 heavy (non-hydrogen) atoms. The third kappa shape index (κ3) is 2.77. The lowest BCUT2D eigenvalue weighted by atomic mass is 9.93. The SMILES string of the molecule is CCc1ccc(C2=C(F)C3C=C(C(=O)NC)C=NN3C=C2)c(C)c1. The van der Waals surface area contributed by atoms with Crippen molar-refractivity contribution in [1.29, 1.82) is 0 Å². The smallest absolute Gasteiger partial charge is 0.252 e. The third-order valence-corrected chi connectivity index (χ3v) is 4.34. The predicted molar refractivity (Wildman–Crippen MR) is 94.0 cm³/mol. The molecule has 0 bridgehead atoms. The first-order valence-corrected chi connectivity index (χ1v) is 7.99. The number of amides is 1. The number of aryl methyl sites for hydroxylation is 2. The summed E-state index contributed by atoms with van der Waals surface area (Å²) >= 11 is 0. The Morgan fingerprint density at radius 3 is 2.88 bits per heavy atom. The summed E-state index contributed by atoms with van der Waals surface area (Å²) in [5.74, 6) is -0.575. The Morgan fingerprint density at radius 1 is 1.42 bits per heavy atom. The van der Waals surface area contributed by atoms with Gasteiger partial charge in [-0.1, -0.05) is 25.1 Å². The first kappa shape index (κ1) is 16.2. The van der Waals surface area contributed by atoms with Crippen LogP contribution >= 0.6 is 0 Å². The van der Waals surface area contributed by atoms with Gasteiger partial charge in [-0.2, -0.15) is 5.10 Å². The molecule has 1 amide bonds. The van der Waals surface area contributed by atoms with E-state index in [1.807, 2.05) is 19.1 Å². The molecule has 1 N–H and O–H groups in total. The van der Waals surface area contributed by atoms with Crippen LogP contribution in [0, 0.1) is 6.92 Å². The number of carbonyl (C=O) groups is 1. The quantitative estimate of drug-likeness (QED) is 0.928. The zero-order valence-corrected chi connectivity index (χ0v) is 14.0. The van der Waals surface area contributed by atoms with E-state index in [9.17, 15) is 4.79 Å². The van der Waals surface area contributed by atoms with Crippen LogP contribution in [0.5, 0.6) is 0 Å². The molecular formula is C19H20FN3O. The molecule has 1 aromatic rings. The van der Waals surface area contributed by atoms with Crippen molar-refractivity contribution in [1.82, 2.24) is 10.3 Å². The molecule has 0 spiro atoms. The number of nitrogens with one attached hydrogen (secondary N) is 1. The van der Waals surface area contributed by atoms with E-state index in [1.165, 1.54) is 16.8 Å². The highest BCUT2D eigenvalue weighted by molar-refractivity contribution is 6.12. The Labute approximate surface area is 141 Å². The van der Waals surface area contributed by atoms with Gasteiger partial charge in [0.05, 0.1) is 11.8 Å². The number of benzene rings is 1. The van der Waals surface area contributed by atoms with Gasteiger partial charge in [0.2, 0.25) is 0 Å². The summed E-state index contributed by atoms with van der Waals surface area (Å²) in [6.45, 7) is 4.08. The van der Waals surface area contributed by atoms with Crippen molar-refractivity contribution in [3.63, 3.8) is 0 Å². The van der Waals surface area contributed by atoms with E-state index in [2.05, 4.69) is 23.4 Å². The van der Waals surface area contributed by atoms with Gasteiger partial charge in [0.1, 0.15) is 11.9 Å². The summed E-state index contributed by atoms with van der Waals surface area (Å²) in [6.07, 6.45) is 7.46. The molecule has 0 aromatic heterocycles. The second-order valence-corrected chi connectivity index (χ2v) is 5.85. The summed E-state index contributed by atoms with van der Waals surface area (Å²) in [5.41, 5.74) is 4.03. The van der Waals surface area contributed by atoms with Gasteiger partial charge in [0.25, 0.3) is 5.91 Å². The molecule has 1 unspecified atom stereocenters. The number of fused-ring (bicyclic) bond motifs is 1. The van der Waals surface area contributed by atoms with E-state index in [4.69, 9.17) is 0 Å². The van der Waals surface area contributed by atoms with E-state index in [0.29, 0.717) is 11.1 Å². The molecule has 1 atom stereocenters. The predicted octanol–water partition coefficient (Wildman–Crippen LogP) is 3.11. The zero-order chi connectivity index (χ0) is 17.3. The summed E-state index contributed by atoms with van der Waals surface area (Å²) in [6, 6.07) is 5.37. The van der Waals surface area contributed by atoms with Gasteiger partial charge in [0, 0.05) is 18.8 Å². The molecule has 0 saturated heterocycles. The Balaban J connectivity index is 2.01. The van der Waals surface area contributed by atoms with Crippen LogP contribution in [0.3, 0.4) is 0 Å².